The summed E-state index contributed by atoms with van der Waals surface area (Å²) in [6.07, 6.45) is 5.57. The van der Waals surface area contributed by atoms with Gasteiger partial charge in [-0.05, 0) is 25.5 Å². The van der Waals surface area contributed by atoms with E-state index in [4.69, 9.17) is 0 Å². The molecule has 1 N–H and O–H groups in total. The third-order valence-electron chi connectivity index (χ3n) is 2.28. The molecule has 4 nitrogen and oxygen atoms in total. The minimum Gasteiger partial charge on any atom is -0.324 e. The normalized spacial score (nSPS) is 10.3. The van der Waals surface area contributed by atoms with E-state index in [0.29, 0.717) is 0 Å². The number of aromatic nitrogens is 3. The lowest BCUT2D eigenvalue weighted by atomic mass is 10.2. The molecule has 2 rings (SSSR count). The van der Waals surface area contributed by atoms with Gasteiger partial charge in [0, 0.05) is 19.4 Å². The van der Waals surface area contributed by atoms with Crippen LogP contribution in [0, 0.1) is 13.8 Å². The van der Waals surface area contributed by atoms with E-state index in [1.54, 1.807) is 12.4 Å². The van der Waals surface area contributed by atoms with Crippen LogP contribution in [0.2, 0.25) is 0 Å². The number of hydrogen-bond acceptors (Lipinski definition) is 3. The molecule has 78 valence electrons. The molecule has 2 aromatic rings. The highest BCUT2D eigenvalue weighted by molar-refractivity contribution is 5.56. The largest absolute Gasteiger partial charge is 0.324 e. The number of hydrogen-bond donors (Lipinski definition) is 1. The average Bonchev–Trinajstić information content (AvgIpc) is 2.49. The highest BCUT2D eigenvalue weighted by Crippen LogP contribution is 2.17. The summed E-state index contributed by atoms with van der Waals surface area (Å²) in [4.78, 5) is 8.45. The maximum atomic E-state index is 4.37. The fraction of sp³-hybridized carbons (Fsp3) is 0.273. The van der Waals surface area contributed by atoms with Crippen LogP contribution in [0.3, 0.4) is 0 Å². The van der Waals surface area contributed by atoms with Crippen molar-refractivity contribution in [3.63, 3.8) is 0 Å². The summed E-state index contributed by atoms with van der Waals surface area (Å²) in [5.74, 6) is 0.837. The quantitative estimate of drug-likeness (QED) is 0.811. The topological polar surface area (TPSA) is 42.7 Å². The van der Waals surface area contributed by atoms with Crippen molar-refractivity contribution in [3.8, 4) is 0 Å². The van der Waals surface area contributed by atoms with Crippen molar-refractivity contribution in [1.29, 1.82) is 0 Å². The lowest BCUT2D eigenvalue weighted by molar-refractivity contribution is 0.923. The van der Waals surface area contributed by atoms with Crippen LogP contribution in [0.4, 0.5) is 11.6 Å². The molecule has 15 heavy (non-hydrogen) atoms. The van der Waals surface area contributed by atoms with E-state index in [9.17, 15) is 0 Å². The molecule has 0 aromatic carbocycles. The molecule has 0 radical (unpaired) electrons. The van der Waals surface area contributed by atoms with Gasteiger partial charge >= 0.3 is 0 Å². The maximum absolute atomic E-state index is 4.37. The minimum atomic E-state index is 0.837. The Morgan fingerprint density at radius 2 is 2.13 bits per heavy atom. The Bertz CT molecular complexity index is 473. The van der Waals surface area contributed by atoms with Crippen molar-refractivity contribution < 1.29 is 0 Å². The second-order valence-electron chi connectivity index (χ2n) is 3.63. The van der Waals surface area contributed by atoms with E-state index in [1.807, 2.05) is 37.7 Å². The van der Waals surface area contributed by atoms with Gasteiger partial charge < -0.3 is 9.88 Å². The van der Waals surface area contributed by atoms with E-state index >= 15 is 0 Å². The van der Waals surface area contributed by atoms with Gasteiger partial charge in [0.25, 0.3) is 0 Å². The molecular weight excluding hydrogens is 188 g/mol. The Balaban J connectivity index is 2.29. The zero-order chi connectivity index (χ0) is 10.8. The fourth-order valence-electron chi connectivity index (χ4n) is 1.45. The number of nitrogens with zero attached hydrogens (tertiary/aromatic N) is 3. The highest BCUT2D eigenvalue weighted by atomic mass is 15.2. The van der Waals surface area contributed by atoms with Crippen molar-refractivity contribution in [2.45, 2.75) is 13.8 Å². The summed E-state index contributed by atoms with van der Waals surface area (Å²) in [5.41, 5.74) is 3.15. The van der Waals surface area contributed by atoms with Crippen molar-refractivity contribution in [2.24, 2.45) is 7.05 Å². The van der Waals surface area contributed by atoms with E-state index in [0.717, 1.165) is 22.9 Å². The molecule has 0 saturated heterocycles. The van der Waals surface area contributed by atoms with Crippen LogP contribution < -0.4 is 5.32 Å². The summed E-state index contributed by atoms with van der Waals surface area (Å²) in [5, 5.41) is 3.25. The number of imidazole rings is 1. The molecule has 0 aliphatic carbocycles. The molecule has 0 fully saturated rings. The van der Waals surface area contributed by atoms with Gasteiger partial charge in [0.15, 0.2) is 0 Å². The Hall–Kier alpha value is -1.84. The van der Waals surface area contributed by atoms with Crippen LogP contribution >= 0.6 is 0 Å². The van der Waals surface area contributed by atoms with E-state index in [2.05, 4.69) is 15.3 Å². The molecule has 0 aliphatic rings. The third-order valence-corrected chi connectivity index (χ3v) is 2.28. The smallest absolute Gasteiger partial charge is 0.207 e. The second kappa shape index (κ2) is 3.73. The van der Waals surface area contributed by atoms with Gasteiger partial charge in [0.1, 0.15) is 0 Å². The van der Waals surface area contributed by atoms with Gasteiger partial charge in [-0.2, -0.15) is 0 Å². The van der Waals surface area contributed by atoms with Crippen molar-refractivity contribution in [1.82, 2.24) is 14.5 Å². The standard InChI is InChI=1S/C11H14N4/c1-8-4-5-12-6-10(8)14-11-13-9(2)7-15(11)3/h4-7H,1-3H3,(H,13,14). The van der Waals surface area contributed by atoms with Crippen LogP contribution in [0.15, 0.2) is 24.7 Å². The zero-order valence-corrected chi connectivity index (χ0v) is 9.15. The monoisotopic (exact) mass is 202 g/mol. The Morgan fingerprint density at radius 1 is 1.33 bits per heavy atom. The molecule has 4 heteroatoms. The summed E-state index contributed by atoms with van der Waals surface area (Å²) in [6, 6.07) is 1.97. The third kappa shape index (κ3) is 1.98. The Morgan fingerprint density at radius 3 is 2.73 bits per heavy atom. The molecule has 0 spiro atoms. The lowest BCUT2D eigenvalue weighted by Gasteiger charge is -2.07. The first-order chi connectivity index (χ1) is 7.16. The molecule has 2 heterocycles. The zero-order valence-electron chi connectivity index (χ0n) is 9.15. The van der Waals surface area contributed by atoms with Gasteiger partial charge in [-0.3, -0.25) is 4.98 Å². The van der Waals surface area contributed by atoms with Crippen molar-refractivity contribution in [2.75, 3.05) is 5.32 Å². The average molecular weight is 202 g/mol. The van der Waals surface area contributed by atoms with Gasteiger partial charge in [-0.15, -0.1) is 0 Å². The fourth-order valence-corrected chi connectivity index (χ4v) is 1.45. The number of aryl methyl sites for hydroxylation is 3. The maximum Gasteiger partial charge on any atom is 0.207 e. The SMILES string of the molecule is Cc1cn(C)c(Nc2cnccc2C)n1. The summed E-state index contributed by atoms with van der Waals surface area (Å²) in [6.45, 7) is 4.01. The number of pyridine rings is 1. The molecular formula is C11H14N4. The Labute approximate surface area is 89.0 Å². The summed E-state index contributed by atoms with van der Waals surface area (Å²) < 4.78 is 1.96. The van der Waals surface area contributed by atoms with Crippen molar-refractivity contribution >= 4 is 11.6 Å². The number of nitrogens with one attached hydrogen (secondary N) is 1. The predicted octanol–water partition coefficient (Wildman–Crippen LogP) is 2.18. The van der Waals surface area contributed by atoms with Gasteiger partial charge in [0.05, 0.1) is 17.6 Å². The predicted molar refractivity (Wildman–Crippen MR) is 60.2 cm³/mol. The lowest BCUT2D eigenvalue weighted by Crippen LogP contribution is -2.00. The van der Waals surface area contributed by atoms with E-state index in [-0.39, 0.29) is 0 Å². The van der Waals surface area contributed by atoms with Crippen LogP contribution in [-0.2, 0) is 7.05 Å². The molecule has 0 amide bonds. The molecule has 0 saturated carbocycles. The van der Waals surface area contributed by atoms with Gasteiger partial charge in [-0.25, -0.2) is 4.98 Å². The van der Waals surface area contributed by atoms with Crippen LogP contribution in [0.1, 0.15) is 11.3 Å². The van der Waals surface area contributed by atoms with Gasteiger partial charge in [-0.1, -0.05) is 0 Å². The Kier molecular flexibility index (Phi) is 2.41. The molecule has 0 aliphatic heterocycles. The second-order valence-corrected chi connectivity index (χ2v) is 3.63. The first-order valence-electron chi connectivity index (χ1n) is 4.84. The first kappa shape index (κ1) is 9.71. The minimum absolute atomic E-state index is 0.837. The molecule has 0 unspecified atom stereocenters. The molecule has 2 aromatic heterocycles. The van der Waals surface area contributed by atoms with Crippen LogP contribution in [0.5, 0.6) is 0 Å². The molecule has 0 atom stereocenters. The van der Waals surface area contributed by atoms with E-state index < -0.39 is 0 Å². The molecule has 0 bridgehead atoms. The first-order valence-corrected chi connectivity index (χ1v) is 4.84. The van der Waals surface area contributed by atoms with Crippen LogP contribution in [0.25, 0.3) is 0 Å². The number of rotatable bonds is 2. The number of anilines is 2. The van der Waals surface area contributed by atoms with Gasteiger partial charge in [0.2, 0.25) is 5.95 Å². The summed E-state index contributed by atoms with van der Waals surface area (Å²) >= 11 is 0. The summed E-state index contributed by atoms with van der Waals surface area (Å²) in [7, 11) is 1.97. The van der Waals surface area contributed by atoms with E-state index in [1.165, 1.54) is 0 Å². The van der Waals surface area contributed by atoms with Crippen molar-refractivity contribution in [3.05, 3.63) is 35.9 Å². The highest BCUT2D eigenvalue weighted by Gasteiger charge is 2.03. The van der Waals surface area contributed by atoms with Crippen LogP contribution in [-0.4, -0.2) is 14.5 Å².